The first-order valence-electron chi connectivity index (χ1n) is 9.98. The van der Waals surface area contributed by atoms with E-state index in [0.717, 1.165) is 65.6 Å². The molecule has 5 heterocycles. The summed E-state index contributed by atoms with van der Waals surface area (Å²) in [7, 11) is 1.93. The van der Waals surface area contributed by atoms with Crippen LogP contribution in [0.4, 0.5) is 5.82 Å². The van der Waals surface area contributed by atoms with Gasteiger partial charge in [-0.25, -0.2) is 9.50 Å². The van der Waals surface area contributed by atoms with Crippen LogP contribution < -0.4 is 10.2 Å². The minimum atomic E-state index is 0. The molecule has 0 amide bonds. The van der Waals surface area contributed by atoms with Gasteiger partial charge in [0.25, 0.3) is 0 Å². The highest BCUT2D eigenvalue weighted by Gasteiger charge is 2.17. The maximum Gasteiger partial charge on any atom is 0.128 e. The monoisotopic (exact) mass is 414 g/mol. The Morgan fingerprint density at radius 2 is 1.90 bits per heavy atom. The van der Waals surface area contributed by atoms with Crippen LogP contribution in [0.25, 0.3) is 27.9 Å². The molecule has 1 aliphatic rings. The molecule has 1 fully saturated rings. The molecule has 0 radical (unpaired) electrons. The Morgan fingerprint density at radius 3 is 2.55 bits per heavy atom. The lowest BCUT2D eigenvalue weighted by atomic mass is 10.0. The summed E-state index contributed by atoms with van der Waals surface area (Å²) in [6.45, 7) is 5.86. The predicted octanol–water partition coefficient (Wildman–Crippen LogP) is 3.02. The molecule has 1 N–H and O–H groups in total. The number of hydrogen-bond acceptors (Lipinski definition) is 6. The van der Waals surface area contributed by atoms with Gasteiger partial charge in [0.2, 0.25) is 0 Å². The van der Waals surface area contributed by atoms with Crippen molar-refractivity contribution in [2.75, 3.05) is 31.1 Å². The number of nitrogens with one attached hydrogen (secondary N) is 1. The van der Waals surface area contributed by atoms with Crippen molar-refractivity contribution < 1.29 is 0 Å². The maximum atomic E-state index is 9.59. The standard InChI is InChI=1S/C22H22N8.CH4/c1-15-9-20(27-28(15)2)17-10-19(22-18(11-23)13-26-30(22)14-17)16-3-4-21(25-12-16)29-7-5-24-6-8-29;/h3-4,9-10,12-14,24H,5-8H2,1-2H3;1H4. The zero-order valence-corrected chi connectivity index (χ0v) is 17.0. The van der Waals surface area contributed by atoms with Crippen LogP contribution in [0.1, 0.15) is 18.7 Å². The van der Waals surface area contributed by atoms with E-state index in [0.29, 0.717) is 5.56 Å². The zero-order chi connectivity index (χ0) is 20.7. The molecule has 5 rings (SSSR count). The number of piperazine rings is 1. The molecule has 0 spiro atoms. The molecule has 8 heteroatoms. The summed E-state index contributed by atoms with van der Waals surface area (Å²) in [5.74, 6) is 0.974. The van der Waals surface area contributed by atoms with Crippen molar-refractivity contribution in [3.63, 3.8) is 0 Å². The molecule has 0 aromatic carbocycles. The fourth-order valence-electron chi connectivity index (χ4n) is 3.89. The fourth-order valence-corrected chi connectivity index (χ4v) is 3.89. The molecule has 158 valence electrons. The van der Waals surface area contributed by atoms with Crippen molar-refractivity contribution in [2.45, 2.75) is 14.4 Å². The van der Waals surface area contributed by atoms with Gasteiger partial charge in [0.1, 0.15) is 11.9 Å². The normalized spacial score (nSPS) is 13.8. The molecule has 0 saturated carbocycles. The Morgan fingerprint density at radius 1 is 1.10 bits per heavy atom. The molecule has 4 aromatic heterocycles. The van der Waals surface area contributed by atoms with E-state index in [2.05, 4.69) is 44.7 Å². The minimum Gasteiger partial charge on any atom is -0.354 e. The van der Waals surface area contributed by atoms with Gasteiger partial charge in [-0.3, -0.25) is 4.68 Å². The first-order valence-corrected chi connectivity index (χ1v) is 9.98. The van der Waals surface area contributed by atoms with Gasteiger partial charge in [-0.15, -0.1) is 0 Å². The van der Waals surface area contributed by atoms with Crippen LogP contribution in [0.3, 0.4) is 0 Å². The van der Waals surface area contributed by atoms with Gasteiger partial charge in [0.15, 0.2) is 0 Å². The molecule has 0 bridgehead atoms. The van der Waals surface area contributed by atoms with E-state index in [1.165, 1.54) is 0 Å². The lowest BCUT2D eigenvalue weighted by Gasteiger charge is -2.28. The average Bonchev–Trinajstić information content (AvgIpc) is 3.36. The van der Waals surface area contributed by atoms with Crippen molar-refractivity contribution >= 4 is 11.3 Å². The van der Waals surface area contributed by atoms with Crippen LogP contribution >= 0.6 is 0 Å². The molecular weight excluding hydrogens is 388 g/mol. The van der Waals surface area contributed by atoms with E-state index >= 15 is 0 Å². The summed E-state index contributed by atoms with van der Waals surface area (Å²) >= 11 is 0. The average molecular weight is 415 g/mol. The van der Waals surface area contributed by atoms with E-state index in [1.54, 1.807) is 10.7 Å². The Bertz CT molecular complexity index is 1230. The zero-order valence-electron chi connectivity index (χ0n) is 17.0. The maximum absolute atomic E-state index is 9.59. The summed E-state index contributed by atoms with van der Waals surface area (Å²) < 4.78 is 3.62. The highest BCUT2D eigenvalue weighted by atomic mass is 15.3. The lowest BCUT2D eigenvalue weighted by molar-refractivity contribution is 0.585. The van der Waals surface area contributed by atoms with Crippen LogP contribution in [0.15, 0.2) is 42.9 Å². The Labute approximate surface area is 181 Å². The predicted molar refractivity (Wildman–Crippen MR) is 122 cm³/mol. The summed E-state index contributed by atoms with van der Waals surface area (Å²) in [5.41, 5.74) is 6.09. The van der Waals surface area contributed by atoms with Crippen LogP contribution in [-0.2, 0) is 7.05 Å². The number of aryl methyl sites for hydroxylation is 2. The second kappa shape index (κ2) is 8.20. The van der Waals surface area contributed by atoms with Crippen molar-refractivity contribution in [2.24, 2.45) is 7.05 Å². The first kappa shape index (κ1) is 20.6. The molecular formula is C23H26N8. The minimum absolute atomic E-state index is 0. The third kappa shape index (κ3) is 3.64. The Kier molecular flexibility index (Phi) is 5.44. The highest BCUT2D eigenvalue weighted by Crippen LogP contribution is 2.32. The molecule has 0 unspecified atom stereocenters. The van der Waals surface area contributed by atoms with Gasteiger partial charge in [0.05, 0.1) is 23.0 Å². The molecule has 0 aliphatic carbocycles. The summed E-state index contributed by atoms with van der Waals surface area (Å²) in [4.78, 5) is 6.99. The van der Waals surface area contributed by atoms with Gasteiger partial charge in [-0.2, -0.15) is 15.5 Å². The number of pyridine rings is 2. The quantitative estimate of drug-likeness (QED) is 0.555. The van der Waals surface area contributed by atoms with Crippen LogP contribution in [0.5, 0.6) is 0 Å². The van der Waals surface area contributed by atoms with Gasteiger partial charge < -0.3 is 10.2 Å². The molecule has 4 aromatic rings. The Balaban J connectivity index is 0.00000231. The van der Waals surface area contributed by atoms with Crippen molar-refractivity contribution in [1.82, 2.24) is 29.7 Å². The Hall–Kier alpha value is -3.70. The van der Waals surface area contributed by atoms with Crippen molar-refractivity contribution in [3.05, 3.63) is 54.1 Å². The number of rotatable bonds is 3. The van der Waals surface area contributed by atoms with Gasteiger partial charge in [0, 0.05) is 68.0 Å². The topological polar surface area (TPSA) is 87.1 Å². The highest BCUT2D eigenvalue weighted by molar-refractivity contribution is 5.87. The number of fused-ring (bicyclic) bond motifs is 1. The molecule has 1 saturated heterocycles. The lowest BCUT2D eigenvalue weighted by Crippen LogP contribution is -2.43. The van der Waals surface area contributed by atoms with Crippen LogP contribution in [0, 0.1) is 18.3 Å². The third-order valence-corrected chi connectivity index (χ3v) is 5.64. The van der Waals surface area contributed by atoms with E-state index in [9.17, 15) is 5.26 Å². The van der Waals surface area contributed by atoms with Crippen LogP contribution in [0.2, 0.25) is 0 Å². The van der Waals surface area contributed by atoms with E-state index in [-0.39, 0.29) is 7.43 Å². The van der Waals surface area contributed by atoms with Crippen LogP contribution in [-0.4, -0.2) is 50.6 Å². The summed E-state index contributed by atoms with van der Waals surface area (Å²) in [5, 5.41) is 22.0. The third-order valence-electron chi connectivity index (χ3n) is 5.64. The molecule has 8 nitrogen and oxygen atoms in total. The first-order chi connectivity index (χ1) is 14.6. The number of anilines is 1. The van der Waals surface area contributed by atoms with Gasteiger partial charge in [-0.1, -0.05) is 7.43 Å². The molecule has 31 heavy (non-hydrogen) atoms. The van der Waals surface area contributed by atoms with E-state index in [4.69, 9.17) is 4.98 Å². The van der Waals surface area contributed by atoms with E-state index < -0.39 is 0 Å². The fraction of sp³-hybridized carbons (Fsp3) is 0.304. The second-order valence-corrected chi connectivity index (χ2v) is 7.54. The smallest absolute Gasteiger partial charge is 0.128 e. The number of nitriles is 1. The largest absolute Gasteiger partial charge is 0.354 e. The summed E-state index contributed by atoms with van der Waals surface area (Å²) in [6.07, 6.45) is 5.41. The van der Waals surface area contributed by atoms with Crippen molar-refractivity contribution in [1.29, 1.82) is 5.26 Å². The number of nitrogens with zero attached hydrogens (tertiary/aromatic N) is 7. The second-order valence-electron chi connectivity index (χ2n) is 7.54. The number of aromatic nitrogens is 5. The SMILES string of the molecule is C.Cc1cc(-c2cc(-c3ccc(N4CCNCC4)nc3)c3c(C#N)cnn3c2)nn1C. The number of hydrogen-bond donors (Lipinski definition) is 1. The van der Waals surface area contributed by atoms with E-state index in [1.807, 2.05) is 37.1 Å². The van der Waals surface area contributed by atoms with Gasteiger partial charge in [-0.05, 0) is 31.2 Å². The van der Waals surface area contributed by atoms with Crippen molar-refractivity contribution in [3.8, 4) is 28.5 Å². The van der Waals surface area contributed by atoms with Gasteiger partial charge >= 0.3 is 0 Å². The molecule has 1 aliphatic heterocycles. The molecule has 0 atom stereocenters. The summed E-state index contributed by atoms with van der Waals surface area (Å²) in [6, 6.07) is 10.5.